The van der Waals surface area contributed by atoms with E-state index in [9.17, 15) is 9.59 Å². The van der Waals surface area contributed by atoms with Crippen LogP contribution in [0.1, 0.15) is 28.3 Å². The average Bonchev–Trinajstić information content (AvgIpc) is 2.89. The molecule has 1 atom stereocenters. The van der Waals surface area contributed by atoms with Crippen molar-refractivity contribution in [1.82, 2.24) is 10.2 Å². The van der Waals surface area contributed by atoms with Gasteiger partial charge in [0.1, 0.15) is 6.04 Å². The van der Waals surface area contributed by atoms with Crippen LogP contribution in [-0.2, 0) is 29.1 Å². The molecule has 0 heterocycles. The van der Waals surface area contributed by atoms with Gasteiger partial charge in [0.05, 0.1) is 6.42 Å². The molecule has 0 spiro atoms. The molecular formula is C30H26Cl2N2O2. The fourth-order valence-corrected chi connectivity index (χ4v) is 4.50. The minimum atomic E-state index is -0.825. The van der Waals surface area contributed by atoms with E-state index in [-0.39, 0.29) is 24.8 Å². The molecule has 4 rings (SSSR count). The SMILES string of the molecule is O=C(NCc1ccc(Cl)cc1Cl)[C@@H](c1ccccc1)N(Cc1ccccc1)C(=O)Cc1ccccc1. The van der Waals surface area contributed by atoms with Crippen molar-refractivity contribution in [1.29, 1.82) is 0 Å². The number of hydrogen-bond donors (Lipinski definition) is 1. The Kier molecular flexibility index (Phi) is 8.77. The number of rotatable bonds is 9. The Labute approximate surface area is 221 Å². The molecule has 0 aliphatic carbocycles. The van der Waals surface area contributed by atoms with Gasteiger partial charge in [-0.25, -0.2) is 0 Å². The van der Waals surface area contributed by atoms with Gasteiger partial charge in [-0.05, 0) is 34.4 Å². The molecule has 1 N–H and O–H groups in total. The summed E-state index contributed by atoms with van der Waals surface area (Å²) in [5.41, 5.74) is 3.30. The van der Waals surface area contributed by atoms with Crippen molar-refractivity contribution < 1.29 is 9.59 Å². The predicted octanol–water partition coefficient (Wildman–Crippen LogP) is 6.62. The van der Waals surface area contributed by atoms with Gasteiger partial charge in [0.2, 0.25) is 11.8 Å². The van der Waals surface area contributed by atoms with Crippen LogP contribution in [0.5, 0.6) is 0 Å². The van der Waals surface area contributed by atoms with Gasteiger partial charge in [0.25, 0.3) is 0 Å². The molecule has 0 bridgehead atoms. The summed E-state index contributed by atoms with van der Waals surface area (Å²) >= 11 is 12.3. The van der Waals surface area contributed by atoms with Crippen LogP contribution in [-0.4, -0.2) is 16.7 Å². The van der Waals surface area contributed by atoms with Gasteiger partial charge in [-0.15, -0.1) is 0 Å². The molecule has 6 heteroatoms. The molecule has 0 radical (unpaired) electrons. The lowest BCUT2D eigenvalue weighted by molar-refractivity contribution is -0.141. The lowest BCUT2D eigenvalue weighted by atomic mass is 10.0. The highest BCUT2D eigenvalue weighted by atomic mass is 35.5. The van der Waals surface area contributed by atoms with Gasteiger partial charge in [-0.3, -0.25) is 9.59 Å². The molecule has 0 aromatic heterocycles. The third kappa shape index (κ3) is 6.75. The molecule has 4 nitrogen and oxygen atoms in total. The van der Waals surface area contributed by atoms with Crippen molar-refractivity contribution in [3.8, 4) is 0 Å². The maximum atomic E-state index is 13.7. The summed E-state index contributed by atoms with van der Waals surface area (Å²) in [6, 6.07) is 32.9. The van der Waals surface area contributed by atoms with Crippen molar-refractivity contribution in [2.45, 2.75) is 25.6 Å². The molecule has 0 saturated carbocycles. The molecule has 2 amide bonds. The number of carbonyl (C=O) groups excluding carboxylic acids is 2. The summed E-state index contributed by atoms with van der Waals surface area (Å²) in [6.45, 7) is 0.505. The minimum absolute atomic E-state index is 0.140. The Morgan fingerprint density at radius 1 is 0.750 bits per heavy atom. The van der Waals surface area contributed by atoms with E-state index in [0.717, 1.165) is 22.3 Å². The first-order chi connectivity index (χ1) is 17.5. The fraction of sp³-hybridized carbons (Fsp3) is 0.133. The number of carbonyl (C=O) groups is 2. The van der Waals surface area contributed by atoms with Crippen LogP contribution < -0.4 is 5.32 Å². The van der Waals surface area contributed by atoms with Gasteiger partial charge in [0.15, 0.2) is 0 Å². The number of halogens is 2. The molecule has 182 valence electrons. The molecule has 4 aromatic rings. The molecule has 0 unspecified atom stereocenters. The van der Waals surface area contributed by atoms with Crippen LogP contribution in [0.3, 0.4) is 0 Å². The van der Waals surface area contributed by atoms with Crippen LogP contribution in [0.25, 0.3) is 0 Å². The van der Waals surface area contributed by atoms with Crippen molar-refractivity contribution in [3.63, 3.8) is 0 Å². The molecule has 0 aliphatic heterocycles. The highest BCUT2D eigenvalue weighted by Gasteiger charge is 2.31. The largest absolute Gasteiger partial charge is 0.350 e. The number of nitrogens with zero attached hydrogens (tertiary/aromatic N) is 1. The van der Waals surface area contributed by atoms with Crippen molar-refractivity contribution in [2.75, 3.05) is 0 Å². The van der Waals surface area contributed by atoms with Crippen molar-refractivity contribution >= 4 is 35.0 Å². The highest BCUT2D eigenvalue weighted by molar-refractivity contribution is 6.35. The van der Waals surface area contributed by atoms with E-state index in [1.54, 1.807) is 23.1 Å². The molecule has 0 saturated heterocycles. The first kappa shape index (κ1) is 25.5. The standard InChI is InChI=1S/C30H26Cl2N2O2/c31-26-17-16-25(27(32)19-26)20-33-30(36)29(24-14-8-3-9-15-24)34(21-23-12-6-2-7-13-23)28(35)18-22-10-4-1-5-11-22/h1-17,19,29H,18,20-21H2,(H,33,36)/t29-/m1/s1. The Hall–Kier alpha value is -3.60. The normalized spacial score (nSPS) is 11.5. The average molecular weight is 517 g/mol. The lowest BCUT2D eigenvalue weighted by Crippen LogP contribution is -2.43. The van der Waals surface area contributed by atoms with E-state index in [0.29, 0.717) is 16.6 Å². The van der Waals surface area contributed by atoms with Gasteiger partial charge in [-0.1, -0.05) is 120 Å². The third-order valence-corrected chi connectivity index (χ3v) is 6.44. The summed E-state index contributed by atoms with van der Waals surface area (Å²) in [7, 11) is 0. The second kappa shape index (κ2) is 12.4. The quantitative estimate of drug-likeness (QED) is 0.271. The summed E-state index contributed by atoms with van der Waals surface area (Å²) in [5, 5.41) is 3.98. The van der Waals surface area contributed by atoms with Gasteiger partial charge in [0, 0.05) is 23.1 Å². The third-order valence-electron chi connectivity index (χ3n) is 5.86. The Bertz CT molecular complexity index is 1300. The van der Waals surface area contributed by atoms with E-state index in [2.05, 4.69) is 5.32 Å². The summed E-state index contributed by atoms with van der Waals surface area (Å²) in [5.74, 6) is -0.428. The van der Waals surface area contributed by atoms with Crippen LogP contribution in [0, 0.1) is 0 Å². The zero-order valence-corrected chi connectivity index (χ0v) is 21.1. The summed E-state index contributed by atoms with van der Waals surface area (Å²) in [4.78, 5) is 29.1. The van der Waals surface area contributed by atoms with E-state index >= 15 is 0 Å². The Balaban J connectivity index is 1.66. The van der Waals surface area contributed by atoms with Crippen LogP contribution in [0.4, 0.5) is 0 Å². The van der Waals surface area contributed by atoms with Crippen molar-refractivity contribution in [3.05, 3.63) is 141 Å². The second-order valence-electron chi connectivity index (χ2n) is 8.44. The zero-order valence-electron chi connectivity index (χ0n) is 19.6. The van der Waals surface area contributed by atoms with E-state index in [1.807, 2.05) is 91.0 Å². The number of amides is 2. The Morgan fingerprint density at radius 2 is 1.33 bits per heavy atom. The summed E-state index contributed by atoms with van der Waals surface area (Å²) in [6.07, 6.45) is 0.188. The van der Waals surface area contributed by atoms with E-state index in [4.69, 9.17) is 23.2 Å². The van der Waals surface area contributed by atoms with Gasteiger partial charge in [-0.2, -0.15) is 0 Å². The van der Waals surface area contributed by atoms with E-state index in [1.165, 1.54) is 0 Å². The first-order valence-electron chi connectivity index (χ1n) is 11.6. The highest BCUT2D eigenvalue weighted by Crippen LogP contribution is 2.26. The smallest absolute Gasteiger partial charge is 0.247 e. The van der Waals surface area contributed by atoms with Crippen LogP contribution in [0.15, 0.2) is 109 Å². The van der Waals surface area contributed by atoms with Crippen molar-refractivity contribution in [2.24, 2.45) is 0 Å². The molecular weight excluding hydrogens is 491 g/mol. The van der Waals surface area contributed by atoms with E-state index < -0.39 is 6.04 Å². The molecule has 4 aromatic carbocycles. The fourth-order valence-electron chi connectivity index (χ4n) is 4.03. The summed E-state index contributed by atoms with van der Waals surface area (Å²) < 4.78 is 0. The van der Waals surface area contributed by atoms with Crippen LogP contribution >= 0.6 is 23.2 Å². The maximum Gasteiger partial charge on any atom is 0.247 e. The number of benzene rings is 4. The molecule has 0 fully saturated rings. The van der Waals surface area contributed by atoms with Gasteiger partial charge < -0.3 is 10.2 Å². The molecule has 0 aliphatic rings. The lowest BCUT2D eigenvalue weighted by Gasteiger charge is -2.32. The minimum Gasteiger partial charge on any atom is -0.350 e. The number of nitrogens with one attached hydrogen (secondary N) is 1. The second-order valence-corrected chi connectivity index (χ2v) is 9.28. The molecule has 36 heavy (non-hydrogen) atoms. The predicted molar refractivity (Wildman–Crippen MR) is 145 cm³/mol. The topological polar surface area (TPSA) is 49.4 Å². The van der Waals surface area contributed by atoms with Gasteiger partial charge >= 0.3 is 0 Å². The first-order valence-corrected chi connectivity index (χ1v) is 12.4. The number of hydrogen-bond acceptors (Lipinski definition) is 2. The Morgan fingerprint density at radius 3 is 1.94 bits per heavy atom. The monoisotopic (exact) mass is 516 g/mol. The van der Waals surface area contributed by atoms with Crippen LogP contribution in [0.2, 0.25) is 10.0 Å². The zero-order chi connectivity index (χ0) is 25.3. The maximum absolute atomic E-state index is 13.7.